The average molecular weight is 1180 g/mol. The van der Waals surface area contributed by atoms with Gasteiger partial charge in [0, 0.05) is 12.8 Å². The Morgan fingerprint density at radius 3 is 1.66 bits per heavy atom. The van der Waals surface area contributed by atoms with Crippen LogP contribution in [0.15, 0.2) is 0 Å². The summed E-state index contributed by atoms with van der Waals surface area (Å²) in [5, 5.41) is 111. The molecule has 82 heavy (non-hydrogen) atoms. The summed E-state index contributed by atoms with van der Waals surface area (Å²) in [6.45, 7) is 9.51. The Hall–Kier alpha value is -1.86. The van der Waals surface area contributed by atoms with E-state index in [1.807, 2.05) is 0 Å². The summed E-state index contributed by atoms with van der Waals surface area (Å²) >= 11 is 0. The van der Waals surface area contributed by atoms with Crippen LogP contribution in [0.5, 0.6) is 0 Å². The minimum Gasteiger partial charge on any atom is -0.456 e. The maximum absolute atomic E-state index is 14.2. The standard InChI is InChI=1S/C58H102O24/c1-7-9-11-12-13-14-17-20-25-29-38(61)78-53-52(82-55-46(69)43(66)41(64)36(30-59)76-55)49(79-54-45(68)42(65)39(62)31(3)71-54)34(6)74-58(53)80-48-33(5)73-56-47(70)50(48)77-37(60)28-24-21-18-15-16-19-23-27-35(26-22-10-8-2)75-57-51(81-56)44(67)40(63)32(4)72-57/h31-36,39-59,62-70H,7-30H2,1-6H3/t31-,32+,33-,34-,35?,36+,39-,40-,41+,42+,43-,44-,45+,46+,47+,48-,49-,50-,51+,52+,53+,54-,55-,56-,57-,58-/m0/s1. The first-order valence-corrected chi connectivity index (χ1v) is 31.0. The van der Waals surface area contributed by atoms with Crippen LogP contribution in [0.2, 0.25) is 0 Å². The maximum atomic E-state index is 14.2. The zero-order chi connectivity index (χ0) is 59.6. The second-order valence-corrected chi connectivity index (χ2v) is 23.6. The van der Waals surface area contributed by atoms with Crippen molar-refractivity contribution in [2.24, 2.45) is 0 Å². The predicted octanol–water partition coefficient (Wildman–Crippen LogP) is 2.71. The smallest absolute Gasteiger partial charge is 0.306 e. The Kier molecular flexibility index (Phi) is 29.2. The minimum absolute atomic E-state index is 0.0329. The Balaban J connectivity index is 1.35. The highest BCUT2D eigenvalue weighted by Gasteiger charge is 2.58. The molecule has 0 amide bonds. The molecule has 6 aliphatic rings. The van der Waals surface area contributed by atoms with E-state index in [9.17, 15) is 60.7 Å². The monoisotopic (exact) mass is 1180 g/mol. The normalized spacial score (nSPS) is 43.1. The molecule has 6 saturated heterocycles. The molecule has 10 N–H and O–H groups in total. The number of carbonyl (C=O) groups is 2. The molecule has 0 saturated carbocycles. The van der Waals surface area contributed by atoms with Crippen LogP contribution in [-0.2, 0) is 66.4 Å². The van der Waals surface area contributed by atoms with Gasteiger partial charge in [-0.25, -0.2) is 0 Å². The van der Waals surface area contributed by atoms with Gasteiger partial charge in [0.1, 0.15) is 85.5 Å². The number of aliphatic hydroxyl groups is 10. The summed E-state index contributed by atoms with van der Waals surface area (Å²) < 4.78 is 75.7. The first kappa shape index (κ1) is 69.2. The molecule has 6 rings (SSSR count). The van der Waals surface area contributed by atoms with Crippen LogP contribution in [0.1, 0.15) is 189 Å². The number of unbranched alkanes of at least 4 members (excludes halogenated alkanes) is 10. The molecule has 26 atom stereocenters. The fourth-order valence-corrected chi connectivity index (χ4v) is 11.8. The van der Waals surface area contributed by atoms with Gasteiger partial charge in [0.05, 0.1) is 37.1 Å². The molecule has 24 heteroatoms. The molecule has 1 unspecified atom stereocenters. The highest BCUT2D eigenvalue weighted by atomic mass is 16.8. The van der Waals surface area contributed by atoms with E-state index in [1.165, 1.54) is 20.3 Å². The summed E-state index contributed by atoms with van der Waals surface area (Å²) in [6, 6.07) is 0. The quantitative estimate of drug-likeness (QED) is 0.0550. The van der Waals surface area contributed by atoms with Crippen LogP contribution < -0.4 is 0 Å². The lowest BCUT2D eigenvalue weighted by atomic mass is 9.95. The number of aliphatic hydroxyl groups excluding tert-OH is 10. The van der Waals surface area contributed by atoms with Crippen molar-refractivity contribution in [1.29, 1.82) is 0 Å². The Morgan fingerprint density at radius 2 is 0.988 bits per heavy atom. The maximum Gasteiger partial charge on any atom is 0.306 e. The van der Waals surface area contributed by atoms with E-state index in [2.05, 4.69) is 13.8 Å². The highest BCUT2D eigenvalue weighted by Crippen LogP contribution is 2.39. The highest BCUT2D eigenvalue weighted by molar-refractivity contribution is 5.70. The molecule has 0 aliphatic carbocycles. The van der Waals surface area contributed by atoms with Gasteiger partial charge in [-0.15, -0.1) is 0 Å². The van der Waals surface area contributed by atoms with Gasteiger partial charge in [0.15, 0.2) is 43.7 Å². The summed E-state index contributed by atoms with van der Waals surface area (Å²) in [5.74, 6) is -1.47. The third kappa shape index (κ3) is 19.1. The van der Waals surface area contributed by atoms with Gasteiger partial charge < -0.3 is 108 Å². The summed E-state index contributed by atoms with van der Waals surface area (Å²) in [4.78, 5) is 28.2. The first-order valence-electron chi connectivity index (χ1n) is 31.0. The van der Waals surface area contributed by atoms with E-state index < -0.39 is 172 Å². The van der Waals surface area contributed by atoms with Crippen molar-refractivity contribution in [2.75, 3.05) is 6.61 Å². The number of hydrogen-bond donors (Lipinski definition) is 10. The van der Waals surface area contributed by atoms with E-state index in [-0.39, 0.29) is 18.9 Å². The third-order valence-corrected chi connectivity index (χ3v) is 17.0. The number of ether oxygens (including phenoxy) is 12. The summed E-state index contributed by atoms with van der Waals surface area (Å²) in [7, 11) is 0. The van der Waals surface area contributed by atoms with Gasteiger partial charge >= 0.3 is 11.9 Å². The Labute approximate surface area is 483 Å². The average Bonchev–Trinajstić information content (AvgIpc) is 3.64. The molecule has 2 bridgehead atoms. The molecule has 6 heterocycles. The van der Waals surface area contributed by atoms with Crippen molar-refractivity contribution in [3.05, 3.63) is 0 Å². The van der Waals surface area contributed by atoms with Gasteiger partial charge in [0.2, 0.25) is 0 Å². The number of hydrogen-bond acceptors (Lipinski definition) is 24. The fourth-order valence-electron chi connectivity index (χ4n) is 11.8. The molecule has 0 spiro atoms. The lowest BCUT2D eigenvalue weighted by Gasteiger charge is -2.51. The molecule has 6 fully saturated rings. The topological polar surface area (TPSA) is 347 Å². The number of esters is 2. The van der Waals surface area contributed by atoms with E-state index in [0.29, 0.717) is 32.1 Å². The molecule has 0 aromatic carbocycles. The molecule has 0 radical (unpaired) electrons. The summed E-state index contributed by atoms with van der Waals surface area (Å²) in [6.07, 6.45) is -21.0. The van der Waals surface area contributed by atoms with Crippen LogP contribution in [0.3, 0.4) is 0 Å². The first-order chi connectivity index (χ1) is 39.3. The van der Waals surface area contributed by atoms with Crippen molar-refractivity contribution in [1.82, 2.24) is 0 Å². The van der Waals surface area contributed by atoms with Crippen molar-refractivity contribution in [3.8, 4) is 0 Å². The number of rotatable bonds is 22. The van der Waals surface area contributed by atoms with E-state index in [0.717, 1.165) is 96.3 Å². The van der Waals surface area contributed by atoms with Crippen molar-refractivity contribution in [2.45, 2.75) is 349 Å². The predicted molar refractivity (Wildman–Crippen MR) is 289 cm³/mol. The molecule has 24 nitrogen and oxygen atoms in total. The fraction of sp³-hybridized carbons (Fsp3) is 0.966. The lowest BCUT2D eigenvalue weighted by molar-refractivity contribution is -0.400. The second-order valence-electron chi connectivity index (χ2n) is 23.6. The molecule has 6 aliphatic heterocycles. The van der Waals surface area contributed by atoms with Gasteiger partial charge in [0.25, 0.3) is 0 Å². The molecular weight excluding hydrogens is 1080 g/mol. The van der Waals surface area contributed by atoms with Crippen LogP contribution in [-0.4, -0.2) is 229 Å². The second kappa shape index (κ2) is 34.6. The molecule has 0 aromatic rings. The lowest BCUT2D eigenvalue weighted by Crippen LogP contribution is -2.68. The van der Waals surface area contributed by atoms with Crippen molar-refractivity contribution >= 4 is 11.9 Å². The van der Waals surface area contributed by atoms with E-state index in [4.69, 9.17) is 56.8 Å². The number of carbonyl (C=O) groups excluding carboxylic acids is 2. The van der Waals surface area contributed by atoms with Crippen LogP contribution >= 0.6 is 0 Å². The molecule has 478 valence electrons. The van der Waals surface area contributed by atoms with Crippen molar-refractivity contribution < 1.29 is 117 Å². The zero-order valence-corrected chi connectivity index (χ0v) is 49.2. The molecule has 0 aromatic heterocycles. The zero-order valence-electron chi connectivity index (χ0n) is 49.2. The SMILES string of the molecule is CCCCCCCCCCCC(=O)O[C@H]1[C@H](O[C@@H]2[C@H]3OC(=O)CCCCCCCCCC(CCCCC)O[C@@H]4O[C@H](C)[C@H](O)[C@H](O)[C@H]4O[C@H](O[C@H]2C)[C@@H]3O)O[C@@H](C)[C@H](O[C@@H]2O[C@@H](C)[C@H](O)[C@@H](O)[C@H]2O)[C@H]1O[C@@H]1O[C@H](CO)[C@@H](O)[C@H](O)[C@H]1O. The Morgan fingerprint density at radius 1 is 0.463 bits per heavy atom. The minimum atomic E-state index is -1.99. The van der Waals surface area contributed by atoms with Gasteiger partial charge in [-0.1, -0.05) is 123 Å². The van der Waals surface area contributed by atoms with Crippen LogP contribution in [0.25, 0.3) is 0 Å². The number of fused-ring (bicyclic) bond motifs is 3. The van der Waals surface area contributed by atoms with Crippen molar-refractivity contribution in [3.63, 3.8) is 0 Å². The van der Waals surface area contributed by atoms with E-state index in [1.54, 1.807) is 13.8 Å². The van der Waals surface area contributed by atoms with Gasteiger partial charge in [-0.2, -0.15) is 0 Å². The third-order valence-electron chi connectivity index (χ3n) is 17.0. The van der Waals surface area contributed by atoms with E-state index >= 15 is 0 Å². The molecular formula is C58H102O24. The van der Waals surface area contributed by atoms with Gasteiger partial charge in [-0.05, 0) is 53.4 Å². The van der Waals surface area contributed by atoms with Gasteiger partial charge in [-0.3, -0.25) is 9.59 Å². The largest absolute Gasteiger partial charge is 0.456 e. The van der Waals surface area contributed by atoms with Crippen LogP contribution in [0.4, 0.5) is 0 Å². The Bertz CT molecular complexity index is 1820. The van der Waals surface area contributed by atoms with Crippen LogP contribution in [0, 0.1) is 0 Å². The summed E-state index contributed by atoms with van der Waals surface area (Å²) in [5.41, 5.74) is 0.